The van der Waals surface area contributed by atoms with Gasteiger partial charge in [-0.3, -0.25) is 0 Å². The van der Waals surface area contributed by atoms with E-state index in [0.29, 0.717) is 63.2 Å². The predicted molar refractivity (Wildman–Crippen MR) is 163 cm³/mol. The normalized spacial score (nSPS) is 18.0. The lowest BCUT2D eigenvalue weighted by Crippen LogP contribution is -2.31. The van der Waals surface area contributed by atoms with Gasteiger partial charge in [0.15, 0.2) is 0 Å². The average molecular weight is 595 g/mol. The van der Waals surface area contributed by atoms with Crippen molar-refractivity contribution in [1.82, 2.24) is 10.6 Å². The standard InChI is InChI=1S/C30H52N4O6.C2H6/c1-23(15-29(3,4)19-37-21-31)11-13-33-27(35)39-17-25-7-9-26(10-8-25)18-40-28(36)34-14-12-24(2)16-30(5,6)20-38-22-32;1-2/h23-26H,7-20H2,1-6H3,(H,33,35)(H,34,36);1-2H3. The van der Waals surface area contributed by atoms with Gasteiger partial charge in [-0.25, -0.2) is 9.59 Å². The summed E-state index contributed by atoms with van der Waals surface area (Å²) in [5.41, 5.74) is -0.175. The molecule has 242 valence electrons. The van der Waals surface area contributed by atoms with E-state index >= 15 is 0 Å². The van der Waals surface area contributed by atoms with E-state index in [4.69, 9.17) is 29.5 Å². The molecule has 1 aliphatic rings. The Kier molecular flexibility index (Phi) is 20.3. The summed E-state index contributed by atoms with van der Waals surface area (Å²) in [6.07, 6.45) is 9.94. The highest BCUT2D eigenvalue weighted by Crippen LogP contribution is 2.30. The fourth-order valence-electron chi connectivity index (χ4n) is 5.56. The van der Waals surface area contributed by atoms with Gasteiger partial charge >= 0.3 is 12.2 Å². The molecule has 0 saturated heterocycles. The summed E-state index contributed by atoms with van der Waals surface area (Å²) in [4.78, 5) is 24.2. The summed E-state index contributed by atoms with van der Waals surface area (Å²) in [6, 6.07) is 0. The van der Waals surface area contributed by atoms with Gasteiger partial charge in [0.25, 0.3) is 12.5 Å². The van der Waals surface area contributed by atoms with Crippen LogP contribution in [0.5, 0.6) is 0 Å². The van der Waals surface area contributed by atoms with Crippen LogP contribution in [0.2, 0.25) is 0 Å². The zero-order valence-electron chi connectivity index (χ0n) is 27.6. The number of nitrogens with zero attached hydrogens (tertiary/aromatic N) is 2. The molecule has 1 fully saturated rings. The van der Waals surface area contributed by atoms with Crippen molar-refractivity contribution in [3.63, 3.8) is 0 Å². The van der Waals surface area contributed by atoms with Gasteiger partial charge in [0.05, 0.1) is 13.2 Å². The lowest BCUT2D eigenvalue weighted by atomic mass is 9.83. The number of hydrogen-bond donors (Lipinski definition) is 2. The second-order valence-electron chi connectivity index (χ2n) is 13.2. The first kappa shape index (κ1) is 39.1. The summed E-state index contributed by atoms with van der Waals surface area (Å²) in [5.74, 6) is 1.43. The number of carbonyl (C=O) groups is 2. The molecule has 0 heterocycles. The first-order chi connectivity index (χ1) is 19.9. The monoisotopic (exact) mass is 594 g/mol. The van der Waals surface area contributed by atoms with Crippen LogP contribution in [0.4, 0.5) is 9.59 Å². The second kappa shape index (κ2) is 21.8. The van der Waals surface area contributed by atoms with E-state index in [9.17, 15) is 9.59 Å². The summed E-state index contributed by atoms with van der Waals surface area (Å²) in [5, 5.41) is 22.9. The van der Waals surface area contributed by atoms with Crippen molar-refractivity contribution in [3.05, 3.63) is 0 Å². The van der Waals surface area contributed by atoms with Crippen molar-refractivity contribution in [2.75, 3.05) is 39.5 Å². The molecule has 0 aromatic carbocycles. The molecule has 0 spiro atoms. The molecule has 2 atom stereocenters. The van der Waals surface area contributed by atoms with Crippen LogP contribution in [-0.2, 0) is 18.9 Å². The highest BCUT2D eigenvalue weighted by molar-refractivity contribution is 5.67. The number of amides is 2. The Labute approximate surface area is 255 Å². The fourth-order valence-corrected chi connectivity index (χ4v) is 5.56. The Bertz CT molecular complexity index is 760. The molecule has 0 radical (unpaired) electrons. The van der Waals surface area contributed by atoms with Crippen molar-refractivity contribution in [2.24, 2.45) is 34.5 Å². The molecular formula is C32H58N4O6. The lowest BCUT2D eigenvalue weighted by Gasteiger charge is -2.28. The van der Waals surface area contributed by atoms with Gasteiger partial charge in [0.1, 0.15) is 13.2 Å². The largest absolute Gasteiger partial charge is 0.449 e. The molecule has 0 bridgehead atoms. The molecule has 2 amide bonds. The highest BCUT2D eigenvalue weighted by Gasteiger charge is 2.25. The maximum Gasteiger partial charge on any atom is 0.407 e. The Balaban J connectivity index is 0.00000821. The van der Waals surface area contributed by atoms with Crippen molar-refractivity contribution in [3.8, 4) is 12.5 Å². The summed E-state index contributed by atoms with van der Waals surface area (Å²) < 4.78 is 20.7. The zero-order valence-corrected chi connectivity index (χ0v) is 27.6. The molecule has 2 N–H and O–H groups in total. The van der Waals surface area contributed by atoms with Crippen molar-refractivity contribution >= 4 is 12.2 Å². The van der Waals surface area contributed by atoms with Crippen LogP contribution < -0.4 is 10.6 Å². The van der Waals surface area contributed by atoms with Crippen LogP contribution in [0, 0.1) is 57.5 Å². The average Bonchev–Trinajstić information content (AvgIpc) is 2.94. The van der Waals surface area contributed by atoms with E-state index < -0.39 is 0 Å². The van der Waals surface area contributed by atoms with Crippen molar-refractivity contribution < 1.29 is 28.5 Å². The third-order valence-corrected chi connectivity index (χ3v) is 7.54. The maximum atomic E-state index is 12.1. The molecule has 10 heteroatoms. The summed E-state index contributed by atoms with van der Waals surface area (Å²) in [6.45, 7) is 19.3. The van der Waals surface area contributed by atoms with Gasteiger partial charge in [0, 0.05) is 23.9 Å². The Morgan fingerprint density at radius 1 is 0.738 bits per heavy atom. The van der Waals surface area contributed by atoms with Gasteiger partial charge in [-0.05, 0) is 75.0 Å². The highest BCUT2D eigenvalue weighted by atomic mass is 16.6. The third-order valence-electron chi connectivity index (χ3n) is 7.54. The minimum Gasteiger partial charge on any atom is -0.449 e. The molecule has 1 rings (SSSR count). The number of nitriles is 2. The number of ether oxygens (including phenoxy) is 4. The third kappa shape index (κ3) is 20.1. The van der Waals surface area contributed by atoms with Crippen molar-refractivity contribution in [2.45, 2.75) is 107 Å². The number of nitrogens with one attached hydrogen (secondary N) is 2. The topological polar surface area (TPSA) is 143 Å². The van der Waals surface area contributed by atoms with E-state index in [2.05, 4.69) is 52.2 Å². The van der Waals surface area contributed by atoms with E-state index in [1.165, 1.54) is 0 Å². The lowest BCUT2D eigenvalue weighted by molar-refractivity contribution is 0.0849. The van der Waals surface area contributed by atoms with Crippen LogP contribution in [0.15, 0.2) is 0 Å². The molecule has 1 saturated carbocycles. The fraction of sp³-hybridized carbons (Fsp3) is 0.875. The van der Waals surface area contributed by atoms with Crippen LogP contribution in [-0.4, -0.2) is 51.7 Å². The minimum atomic E-state index is -0.380. The molecular weight excluding hydrogens is 536 g/mol. The van der Waals surface area contributed by atoms with E-state index in [1.807, 2.05) is 13.8 Å². The Morgan fingerprint density at radius 2 is 1.07 bits per heavy atom. The quantitative estimate of drug-likeness (QED) is 0.159. The number of rotatable bonds is 18. The van der Waals surface area contributed by atoms with Crippen LogP contribution in [0.25, 0.3) is 0 Å². The SMILES string of the molecule is CC.CC(CCNC(=O)OCC1CCC(COC(=O)NCCC(C)CC(C)(C)COC#N)CC1)CC(C)(C)COC#N. The molecule has 0 aromatic heterocycles. The number of alkyl carbamates (subject to hydrolysis) is 2. The molecule has 2 unspecified atom stereocenters. The van der Waals surface area contributed by atoms with Gasteiger partial charge in [-0.15, -0.1) is 0 Å². The van der Waals surface area contributed by atoms with Crippen LogP contribution >= 0.6 is 0 Å². The Hall–Kier alpha value is -2.88. The molecule has 0 aliphatic heterocycles. The first-order valence-electron chi connectivity index (χ1n) is 15.7. The van der Waals surface area contributed by atoms with Gasteiger partial charge in [-0.1, -0.05) is 55.4 Å². The van der Waals surface area contributed by atoms with Crippen molar-refractivity contribution in [1.29, 1.82) is 10.5 Å². The predicted octanol–water partition coefficient (Wildman–Crippen LogP) is 7.15. The zero-order chi connectivity index (χ0) is 32.0. The number of hydrogen-bond acceptors (Lipinski definition) is 8. The van der Waals surface area contributed by atoms with Crippen LogP contribution in [0.3, 0.4) is 0 Å². The van der Waals surface area contributed by atoms with E-state index in [0.717, 1.165) is 51.4 Å². The van der Waals surface area contributed by atoms with Crippen LogP contribution in [0.1, 0.15) is 107 Å². The van der Waals surface area contributed by atoms with Gasteiger partial charge < -0.3 is 29.6 Å². The molecule has 10 nitrogen and oxygen atoms in total. The molecule has 1 aliphatic carbocycles. The Morgan fingerprint density at radius 3 is 1.38 bits per heavy atom. The maximum absolute atomic E-state index is 12.1. The minimum absolute atomic E-state index is 0.0874. The van der Waals surface area contributed by atoms with E-state index in [-0.39, 0.29) is 23.0 Å². The first-order valence-corrected chi connectivity index (χ1v) is 15.7. The van der Waals surface area contributed by atoms with E-state index in [1.54, 1.807) is 12.5 Å². The summed E-state index contributed by atoms with van der Waals surface area (Å²) in [7, 11) is 0. The molecule has 42 heavy (non-hydrogen) atoms. The smallest absolute Gasteiger partial charge is 0.407 e. The van der Waals surface area contributed by atoms with Gasteiger partial charge in [0.2, 0.25) is 0 Å². The summed E-state index contributed by atoms with van der Waals surface area (Å²) >= 11 is 0. The molecule has 0 aromatic rings. The second-order valence-corrected chi connectivity index (χ2v) is 13.2. The number of carbonyl (C=O) groups excluding carboxylic acids is 2. The van der Waals surface area contributed by atoms with Gasteiger partial charge in [-0.2, -0.15) is 10.5 Å².